The van der Waals surface area contributed by atoms with Crippen LogP contribution in [0.1, 0.15) is 48.9 Å². The molecule has 0 unspecified atom stereocenters. The maximum absolute atomic E-state index is 11.9. The van der Waals surface area contributed by atoms with Gasteiger partial charge in [0.1, 0.15) is 0 Å². The Morgan fingerprint density at radius 1 is 1.22 bits per heavy atom. The summed E-state index contributed by atoms with van der Waals surface area (Å²) in [7, 11) is 0. The molecule has 0 saturated heterocycles. The molecule has 1 saturated carbocycles. The number of halogens is 1. The van der Waals surface area contributed by atoms with Gasteiger partial charge in [-0.15, -0.1) is 0 Å². The molecule has 0 atom stereocenters. The van der Waals surface area contributed by atoms with Crippen molar-refractivity contribution in [2.45, 2.75) is 38.5 Å². The van der Waals surface area contributed by atoms with Crippen molar-refractivity contribution in [2.24, 2.45) is 5.92 Å². The highest BCUT2D eigenvalue weighted by atomic mass is 35.5. The van der Waals surface area contributed by atoms with E-state index in [1.807, 2.05) is 12.1 Å². The highest BCUT2D eigenvalue weighted by Gasteiger charge is 2.14. The van der Waals surface area contributed by atoms with E-state index in [1.165, 1.54) is 32.1 Å². The van der Waals surface area contributed by atoms with Crippen molar-refractivity contribution in [3.8, 4) is 0 Å². The molecule has 0 aromatic heterocycles. The fourth-order valence-corrected chi connectivity index (χ4v) is 2.83. The minimum Gasteiger partial charge on any atom is -0.352 e. The molecule has 0 spiro atoms. The molecule has 1 aliphatic rings. The van der Waals surface area contributed by atoms with Crippen LogP contribution in [0.5, 0.6) is 0 Å². The fourth-order valence-electron chi connectivity index (χ4n) is 2.61. The summed E-state index contributed by atoms with van der Waals surface area (Å²) in [4.78, 5) is 11.9. The molecule has 0 heterocycles. The van der Waals surface area contributed by atoms with Gasteiger partial charge < -0.3 is 5.32 Å². The lowest BCUT2D eigenvalue weighted by molar-refractivity contribution is 0.0950. The first kappa shape index (κ1) is 13.4. The van der Waals surface area contributed by atoms with Gasteiger partial charge in [0.25, 0.3) is 5.91 Å². The number of nitrogens with one attached hydrogen (secondary N) is 1. The summed E-state index contributed by atoms with van der Waals surface area (Å²) < 4.78 is 0. The van der Waals surface area contributed by atoms with Gasteiger partial charge >= 0.3 is 0 Å². The number of benzene rings is 1. The Bertz CT molecular complexity index is 399. The Hall–Kier alpha value is -1.02. The smallest absolute Gasteiger partial charge is 0.252 e. The van der Waals surface area contributed by atoms with Crippen LogP contribution < -0.4 is 5.32 Å². The first-order valence-corrected chi connectivity index (χ1v) is 7.18. The molecule has 18 heavy (non-hydrogen) atoms. The minimum absolute atomic E-state index is 0.0589. The largest absolute Gasteiger partial charge is 0.352 e. The van der Waals surface area contributed by atoms with Crippen LogP contribution in [0, 0.1) is 5.92 Å². The van der Waals surface area contributed by atoms with Gasteiger partial charge in [0.2, 0.25) is 0 Å². The standard InChI is InChI=1S/C15H20ClNO/c16-14-9-5-4-8-13(14)15(18)17-11-10-12-6-2-1-3-7-12/h4-5,8-9,12H,1-3,6-7,10-11H2,(H,17,18). The number of hydrogen-bond acceptors (Lipinski definition) is 1. The van der Waals surface area contributed by atoms with Crippen molar-refractivity contribution in [1.29, 1.82) is 0 Å². The molecule has 1 amide bonds. The third-order valence-corrected chi connectivity index (χ3v) is 4.01. The van der Waals surface area contributed by atoms with E-state index in [9.17, 15) is 4.79 Å². The Morgan fingerprint density at radius 2 is 1.94 bits per heavy atom. The van der Waals surface area contributed by atoms with Gasteiger partial charge in [-0.25, -0.2) is 0 Å². The van der Waals surface area contributed by atoms with Gasteiger partial charge in [0.05, 0.1) is 10.6 Å². The predicted octanol–water partition coefficient (Wildman–Crippen LogP) is 4.04. The lowest BCUT2D eigenvalue weighted by Gasteiger charge is -2.21. The Labute approximate surface area is 114 Å². The van der Waals surface area contributed by atoms with E-state index in [2.05, 4.69) is 5.32 Å². The highest BCUT2D eigenvalue weighted by molar-refractivity contribution is 6.33. The van der Waals surface area contributed by atoms with Crippen molar-refractivity contribution in [3.05, 3.63) is 34.9 Å². The van der Waals surface area contributed by atoms with Crippen molar-refractivity contribution in [2.75, 3.05) is 6.54 Å². The SMILES string of the molecule is O=C(NCCC1CCCCC1)c1ccccc1Cl. The van der Waals surface area contributed by atoms with Crippen molar-refractivity contribution < 1.29 is 4.79 Å². The molecule has 3 heteroatoms. The number of amides is 1. The van der Waals surface area contributed by atoms with Gasteiger partial charge in [0, 0.05) is 6.54 Å². The first-order chi connectivity index (χ1) is 8.77. The summed E-state index contributed by atoms with van der Waals surface area (Å²) >= 11 is 5.99. The summed E-state index contributed by atoms with van der Waals surface area (Å²) in [6, 6.07) is 7.18. The predicted molar refractivity (Wildman–Crippen MR) is 75.0 cm³/mol. The van der Waals surface area contributed by atoms with Crippen molar-refractivity contribution in [3.63, 3.8) is 0 Å². The molecular weight excluding hydrogens is 246 g/mol. The van der Waals surface area contributed by atoms with Crippen LogP contribution in [-0.2, 0) is 0 Å². The fraction of sp³-hybridized carbons (Fsp3) is 0.533. The van der Waals surface area contributed by atoms with Gasteiger partial charge in [-0.2, -0.15) is 0 Å². The van der Waals surface area contributed by atoms with Crippen molar-refractivity contribution >= 4 is 17.5 Å². The van der Waals surface area contributed by atoms with Crippen LogP contribution >= 0.6 is 11.6 Å². The van der Waals surface area contributed by atoms with Crippen LogP contribution in [0.2, 0.25) is 5.02 Å². The van der Waals surface area contributed by atoms with E-state index >= 15 is 0 Å². The molecule has 1 aromatic rings. The van der Waals surface area contributed by atoms with Crippen LogP contribution in [-0.4, -0.2) is 12.5 Å². The van der Waals surface area contributed by atoms with Crippen molar-refractivity contribution in [1.82, 2.24) is 5.32 Å². The summed E-state index contributed by atoms with van der Waals surface area (Å²) in [5.74, 6) is 0.738. The van der Waals surface area contributed by atoms with Crippen LogP contribution in [0.15, 0.2) is 24.3 Å². The van der Waals surface area contributed by atoms with E-state index in [4.69, 9.17) is 11.6 Å². The van der Waals surface area contributed by atoms with Crippen LogP contribution in [0.3, 0.4) is 0 Å². The molecule has 98 valence electrons. The molecule has 2 rings (SSSR count). The topological polar surface area (TPSA) is 29.1 Å². The van der Waals surface area contributed by atoms with Crippen LogP contribution in [0.25, 0.3) is 0 Å². The Morgan fingerprint density at radius 3 is 2.67 bits per heavy atom. The minimum atomic E-state index is -0.0589. The molecule has 1 aliphatic carbocycles. The van der Waals surface area contributed by atoms with Gasteiger partial charge in [-0.1, -0.05) is 55.8 Å². The number of rotatable bonds is 4. The summed E-state index contributed by atoms with van der Waals surface area (Å²) in [5, 5.41) is 3.48. The average Bonchev–Trinajstić information content (AvgIpc) is 2.40. The molecule has 0 bridgehead atoms. The monoisotopic (exact) mass is 265 g/mol. The Balaban J connectivity index is 1.76. The summed E-state index contributed by atoms with van der Waals surface area (Å²) in [6.45, 7) is 0.759. The maximum Gasteiger partial charge on any atom is 0.252 e. The molecular formula is C15H20ClNO. The summed E-state index contributed by atoms with van der Waals surface area (Å²) in [6.07, 6.45) is 7.81. The van der Waals surface area contributed by atoms with Gasteiger partial charge in [-0.3, -0.25) is 4.79 Å². The van der Waals surface area contributed by atoms with E-state index in [-0.39, 0.29) is 5.91 Å². The van der Waals surface area contributed by atoms with E-state index in [0.29, 0.717) is 10.6 Å². The normalized spacial score (nSPS) is 16.5. The molecule has 2 nitrogen and oxygen atoms in total. The second-order valence-electron chi connectivity index (χ2n) is 5.03. The zero-order valence-electron chi connectivity index (χ0n) is 10.6. The summed E-state index contributed by atoms with van der Waals surface area (Å²) in [5.41, 5.74) is 0.572. The van der Waals surface area contributed by atoms with Crippen LogP contribution in [0.4, 0.5) is 0 Å². The highest BCUT2D eigenvalue weighted by Crippen LogP contribution is 2.25. The first-order valence-electron chi connectivity index (χ1n) is 6.80. The van der Waals surface area contributed by atoms with E-state index in [1.54, 1.807) is 12.1 Å². The molecule has 1 fully saturated rings. The van der Waals surface area contributed by atoms with E-state index < -0.39 is 0 Å². The average molecular weight is 266 g/mol. The molecule has 1 aromatic carbocycles. The third-order valence-electron chi connectivity index (χ3n) is 3.68. The zero-order chi connectivity index (χ0) is 12.8. The number of carbonyl (C=O) groups is 1. The third kappa shape index (κ3) is 3.74. The molecule has 0 aliphatic heterocycles. The van der Waals surface area contributed by atoms with Gasteiger partial charge in [-0.05, 0) is 24.5 Å². The molecule has 1 N–H and O–H groups in total. The van der Waals surface area contributed by atoms with Gasteiger partial charge in [0.15, 0.2) is 0 Å². The zero-order valence-corrected chi connectivity index (χ0v) is 11.4. The Kier molecular flexibility index (Phi) is 5.06. The lowest BCUT2D eigenvalue weighted by atomic mass is 9.87. The second-order valence-corrected chi connectivity index (χ2v) is 5.44. The lowest BCUT2D eigenvalue weighted by Crippen LogP contribution is -2.26. The quantitative estimate of drug-likeness (QED) is 0.875. The second kappa shape index (κ2) is 6.79. The number of carbonyl (C=O) groups excluding carboxylic acids is 1. The number of hydrogen-bond donors (Lipinski definition) is 1. The molecule has 0 radical (unpaired) electrons. The maximum atomic E-state index is 11.9. The van der Waals surface area contributed by atoms with E-state index in [0.717, 1.165) is 18.9 Å².